The normalized spacial score (nSPS) is 42.0. The number of hydrogen-bond donors (Lipinski definition) is 2. The summed E-state index contributed by atoms with van der Waals surface area (Å²) in [5, 5.41) is 6.36. The molecule has 1 fully saturated rings. The molecule has 2 N–H and O–H groups in total. The Morgan fingerprint density at radius 1 is 1.50 bits per heavy atom. The molecule has 0 saturated carbocycles. The summed E-state index contributed by atoms with van der Waals surface area (Å²) >= 11 is 0. The highest BCUT2D eigenvalue weighted by molar-refractivity contribution is 5.56. The second-order valence-corrected chi connectivity index (χ2v) is 2.48. The van der Waals surface area contributed by atoms with Gasteiger partial charge in [0.15, 0.2) is 0 Å². The molecule has 0 bridgehead atoms. The van der Waals surface area contributed by atoms with Gasteiger partial charge in [-0.05, 0) is 0 Å². The maximum Gasteiger partial charge on any atom is 0.0825 e. The van der Waals surface area contributed by atoms with Crippen LogP contribution in [0.2, 0.25) is 0 Å². The predicted molar refractivity (Wildman–Crippen MR) is 32.1 cm³/mol. The van der Waals surface area contributed by atoms with E-state index in [2.05, 4.69) is 15.6 Å². The molecule has 0 aromatic heterocycles. The maximum atomic E-state index is 4.09. The van der Waals surface area contributed by atoms with Crippen LogP contribution in [0.4, 0.5) is 0 Å². The van der Waals surface area contributed by atoms with Crippen molar-refractivity contribution in [3.63, 3.8) is 0 Å². The first-order valence-electron chi connectivity index (χ1n) is 2.88. The topological polar surface area (TPSA) is 46.3 Å². The number of nitrogens with one attached hydrogen (secondary N) is 2. The van der Waals surface area contributed by atoms with Crippen molar-refractivity contribution in [3.05, 3.63) is 0 Å². The zero-order valence-electron chi connectivity index (χ0n) is 4.65. The van der Waals surface area contributed by atoms with Crippen molar-refractivity contribution in [1.29, 1.82) is 0 Å². The minimum absolute atomic E-state index is 0.370. The highest BCUT2D eigenvalue weighted by atomic mass is 15.2. The fraction of sp³-hybridized carbons (Fsp3) is 0.800. The van der Waals surface area contributed by atoms with Gasteiger partial charge in [-0.15, -0.1) is 0 Å². The largest absolute Gasteiger partial charge is 0.374 e. The number of nitrogens with zero attached hydrogens (tertiary/aromatic N) is 1. The summed E-state index contributed by atoms with van der Waals surface area (Å²) in [6.45, 7) is 3.15. The first kappa shape index (κ1) is 4.32. The molecule has 2 aliphatic heterocycles. The van der Waals surface area contributed by atoms with Crippen LogP contribution >= 0.6 is 0 Å². The summed E-state index contributed by atoms with van der Waals surface area (Å²) in [6.07, 6.45) is 1.78. The van der Waals surface area contributed by atoms with Crippen molar-refractivity contribution in [3.8, 4) is 0 Å². The number of hydrogen-bond acceptors (Lipinski definition) is 3. The van der Waals surface area contributed by atoms with E-state index in [0.717, 1.165) is 19.6 Å². The fourth-order valence-corrected chi connectivity index (χ4v) is 0.944. The molecule has 1 atom stereocenters. The summed E-state index contributed by atoms with van der Waals surface area (Å²) in [5.74, 6) is 0. The lowest BCUT2D eigenvalue weighted by Gasteiger charge is -2.14. The first-order valence-corrected chi connectivity index (χ1v) is 2.88. The van der Waals surface area contributed by atoms with E-state index in [9.17, 15) is 0 Å². The second-order valence-electron chi connectivity index (χ2n) is 2.48. The van der Waals surface area contributed by atoms with Crippen LogP contribution in [0.5, 0.6) is 0 Å². The predicted octanol–water partition coefficient (Wildman–Crippen LogP) is -1.04. The molecule has 0 aromatic rings. The van der Waals surface area contributed by atoms with Gasteiger partial charge >= 0.3 is 0 Å². The van der Waals surface area contributed by atoms with Gasteiger partial charge in [0.25, 0.3) is 0 Å². The van der Waals surface area contributed by atoms with Crippen molar-refractivity contribution >= 4 is 6.34 Å². The van der Waals surface area contributed by atoms with Crippen LogP contribution in [-0.2, 0) is 0 Å². The highest BCUT2D eigenvalue weighted by Crippen LogP contribution is 2.16. The van der Waals surface area contributed by atoms with Crippen LogP contribution in [0, 0.1) is 0 Å². The summed E-state index contributed by atoms with van der Waals surface area (Å²) in [5.41, 5.74) is 0.370. The van der Waals surface area contributed by atoms with Gasteiger partial charge in [-0.25, -0.2) is 0 Å². The molecule has 3 heteroatoms. The smallest absolute Gasteiger partial charge is 0.0825 e. The van der Waals surface area contributed by atoms with E-state index in [1.807, 2.05) is 0 Å². The van der Waals surface area contributed by atoms with Crippen LogP contribution < -0.4 is 10.6 Å². The van der Waals surface area contributed by atoms with Crippen LogP contribution in [0.15, 0.2) is 4.99 Å². The van der Waals surface area contributed by atoms with Gasteiger partial charge in [-0.2, -0.15) is 0 Å². The lowest BCUT2D eigenvalue weighted by molar-refractivity contribution is 0.597. The SMILES string of the molecule is C1=NCC2(CN1)CN2. The van der Waals surface area contributed by atoms with Gasteiger partial charge in [0.2, 0.25) is 0 Å². The highest BCUT2D eigenvalue weighted by Gasteiger charge is 2.42. The van der Waals surface area contributed by atoms with E-state index in [1.54, 1.807) is 6.34 Å². The average molecular weight is 111 g/mol. The third kappa shape index (κ3) is 0.512. The van der Waals surface area contributed by atoms with Crippen molar-refractivity contribution in [2.45, 2.75) is 5.54 Å². The zero-order chi connectivity index (χ0) is 5.45. The molecular formula is C5H9N3. The molecule has 0 aliphatic carbocycles. The van der Waals surface area contributed by atoms with E-state index in [1.165, 1.54) is 0 Å². The monoisotopic (exact) mass is 111 g/mol. The third-order valence-corrected chi connectivity index (χ3v) is 1.69. The lowest BCUT2D eigenvalue weighted by Crippen LogP contribution is -2.38. The molecule has 1 unspecified atom stereocenters. The van der Waals surface area contributed by atoms with Gasteiger partial charge in [0.05, 0.1) is 18.4 Å². The molecule has 44 valence electrons. The van der Waals surface area contributed by atoms with E-state index in [0.29, 0.717) is 5.54 Å². The van der Waals surface area contributed by atoms with Crippen molar-refractivity contribution in [2.24, 2.45) is 4.99 Å². The average Bonchev–Trinajstić information content (AvgIpc) is 2.52. The molecule has 2 heterocycles. The molecule has 1 spiro atoms. The fourth-order valence-electron chi connectivity index (χ4n) is 0.944. The Morgan fingerprint density at radius 2 is 2.38 bits per heavy atom. The standard InChI is InChI=1S/C5H9N3/c1-5(3-8-5)2-7-4-6-1/h4,8H,1-3H2,(H,6,7). The summed E-state index contributed by atoms with van der Waals surface area (Å²) in [6, 6.07) is 0. The molecule has 1 saturated heterocycles. The van der Waals surface area contributed by atoms with Gasteiger partial charge in [0, 0.05) is 13.1 Å². The van der Waals surface area contributed by atoms with Gasteiger partial charge in [0.1, 0.15) is 0 Å². The molecule has 2 rings (SSSR count). The van der Waals surface area contributed by atoms with Crippen LogP contribution in [-0.4, -0.2) is 31.5 Å². The molecule has 0 radical (unpaired) electrons. The van der Waals surface area contributed by atoms with Crippen LogP contribution in [0.3, 0.4) is 0 Å². The van der Waals surface area contributed by atoms with Crippen LogP contribution in [0.1, 0.15) is 0 Å². The Bertz CT molecular complexity index is 126. The van der Waals surface area contributed by atoms with Crippen molar-refractivity contribution in [2.75, 3.05) is 19.6 Å². The summed E-state index contributed by atoms with van der Waals surface area (Å²) in [4.78, 5) is 4.09. The van der Waals surface area contributed by atoms with Gasteiger partial charge < -0.3 is 10.6 Å². The van der Waals surface area contributed by atoms with E-state index in [-0.39, 0.29) is 0 Å². The van der Waals surface area contributed by atoms with Gasteiger partial charge in [-0.1, -0.05) is 0 Å². The Labute approximate surface area is 48.2 Å². The van der Waals surface area contributed by atoms with E-state index >= 15 is 0 Å². The lowest BCUT2D eigenvalue weighted by atomic mass is 10.1. The van der Waals surface area contributed by atoms with Crippen molar-refractivity contribution in [1.82, 2.24) is 10.6 Å². The second kappa shape index (κ2) is 1.23. The Balaban J connectivity index is 2.08. The Morgan fingerprint density at radius 3 is 2.75 bits per heavy atom. The van der Waals surface area contributed by atoms with E-state index in [4.69, 9.17) is 0 Å². The number of aliphatic imine (C=N–C) groups is 1. The minimum Gasteiger partial charge on any atom is -0.374 e. The minimum atomic E-state index is 0.370. The zero-order valence-corrected chi connectivity index (χ0v) is 4.65. The number of rotatable bonds is 0. The molecule has 8 heavy (non-hydrogen) atoms. The first-order chi connectivity index (χ1) is 3.91. The molecule has 2 aliphatic rings. The molecule has 3 nitrogen and oxygen atoms in total. The van der Waals surface area contributed by atoms with Gasteiger partial charge in [-0.3, -0.25) is 4.99 Å². The molecule has 0 aromatic carbocycles. The molecular weight excluding hydrogens is 102 g/mol. The Kier molecular flexibility index (Phi) is 0.663. The quantitative estimate of drug-likeness (QED) is 0.392. The molecule has 0 amide bonds. The van der Waals surface area contributed by atoms with Crippen molar-refractivity contribution < 1.29 is 0 Å². The maximum absolute atomic E-state index is 4.09. The summed E-state index contributed by atoms with van der Waals surface area (Å²) in [7, 11) is 0. The van der Waals surface area contributed by atoms with Crippen LogP contribution in [0.25, 0.3) is 0 Å². The summed E-state index contributed by atoms with van der Waals surface area (Å²) < 4.78 is 0. The third-order valence-electron chi connectivity index (χ3n) is 1.69. The Hall–Kier alpha value is -0.570. The van der Waals surface area contributed by atoms with E-state index < -0.39 is 0 Å².